The molecule has 1 fully saturated rings. The Labute approximate surface area is 132 Å². The first kappa shape index (κ1) is 16.0. The van der Waals surface area contributed by atoms with E-state index in [0.717, 1.165) is 32.5 Å². The van der Waals surface area contributed by atoms with Crippen LogP contribution in [0.15, 0.2) is 36.5 Å². The van der Waals surface area contributed by atoms with Crippen molar-refractivity contribution in [2.75, 3.05) is 13.1 Å². The fourth-order valence-corrected chi connectivity index (χ4v) is 2.81. The number of hydrogen-bond donors (Lipinski definition) is 1. The molecule has 0 aliphatic carbocycles. The van der Waals surface area contributed by atoms with E-state index in [0.29, 0.717) is 6.04 Å². The van der Waals surface area contributed by atoms with Gasteiger partial charge in [0.05, 0.1) is 11.4 Å². The van der Waals surface area contributed by atoms with E-state index in [2.05, 4.69) is 51.9 Å². The molecule has 2 N–H and O–H groups in total. The molecule has 3 rings (SSSR count). The molecular formula is C16H23ClN4. The Morgan fingerprint density at radius 3 is 2.62 bits per heavy atom. The van der Waals surface area contributed by atoms with Crippen LogP contribution in [-0.4, -0.2) is 33.8 Å². The molecule has 0 spiro atoms. The summed E-state index contributed by atoms with van der Waals surface area (Å²) < 4.78 is 2.06. The maximum absolute atomic E-state index is 5.97. The summed E-state index contributed by atoms with van der Waals surface area (Å²) in [5.74, 6) is 0. The van der Waals surface area contributed by atoms with Crippen LogP contribution in [0.2, 0.25) is 0 Å². The predicted molar refractivity (Wildman–Crippen MR) is 88.0 cm³/mol. The summed E-state index contributed by atoms with van der Waals surface area (Å²) in [6.07, 6.45) is 4.08. The van der Waals surface area contributed by atoms with Crippen LogP contribution in [0, 0.1) is 6.92 Å². The average molecular weight is 307 g/mol. The maximum Gasteiger partial charge on any atom is 0.0678 e. The van der Waals surface area contributed by atoms with Crippen LogP contribution >= 0.6 is 12.4 Å². The van der Waals surface area contributed by atoms with Crippen molar-refractivity contribution >= 4 is 12.4 Å². The van der Waals surface area contributed by atoms with Gasteiger partial charge in [-0.2, -0.15) is 5.10 Å². The van der Waals surface area contributed by atoms with Crippen molar-refractivity contribution in [1.82, 2.24) is 14.7 Å². The molecule has 4 nitrogen and oxygen atoms in total. The molecule has 0 amide bonds. The first-order chi connectivity index (χ1) is 9.74. The number of nitrogens with zero attached hydrogens (tertiary/aromatic N) is 3. The van der Waals surface area contributed by atoms with Crippen molar-refractivity contribution in [2.45, 2.75) is 32.4 Å². The van der Waals surface area contributed by atoms with E-state index >= 15 is 0 Å². The number of para-hydroxylation sites is 1. The minimum absolute atomic E-state index is 0. The molecule has 0 atom stereocenters. The number of hydrogen-bond acceptors (Lipinski definition) is 3. The van der Waals surface area contributed by atoms with Crippen molar-refractivity contribution in [3.63, 3.8) is 0 Å². The second-order valence-electron chi connectivity index (χ2n) is 5.63. The van der Waals surface area contributed by atoms with Gasteiger partial charge in [-0.1, -0.05) is 18.2 Å². The lowest BCUT2D eigenvalue weighted by atomic mass is 10.1. The number of aromatic nitrogens is 2. The van der Waals surface area contributed by atoms with E-state index in [1.54, 1.807) is 0 Å². The third-order valence-electron chi connectivity index (χ3n) is 4.08. The van der Waals surface area contributed by atoms with Gasteiger partial charge in [0.2, 0.25) is 0 Å². The van der Waals surface area contributed by atoms with Gasteiger partial charge in [0.1, 0.15) is 0 Å². The second-order valence-corrected chi connectivity index (χ2v) is 5.63. The lowest BCUT2D eigenvalue weighted by Crippen LogP contribution is -2.39. The standard InChI is InChI=1S/C16H22N4.ClH/c1-13-4-2-3-5-16(13)20-15(6-9-18-20)12-19-10-7-14(17)8-11-19;/h2-6,9,14H,7-8,10-12,17H2,1H3;1H. The van der Waals surface area contributed by atoms with Gasteiger partial charge in [-0.3, -0.25) is 4.90 Å². The number of piperidine rings is 1. The Bertz CT molecular complexity index is 573. The molecule has 2 aromatic rings. The highest BCUT2D eigenvalue weighted by Gasteiger charge is 2.18. The molecule has 0 bridgehead atoms. The van der Waals surface area contributed by atoms with Crippen LogP contribution in [0.5, 0.6) is 0 Å². The molecule has 0 unspecified atom stereocenters. The normalized spacial score (nSPS) is 16.7. The minimum Gasteiger partial charge on any atom is -0.328 e. The lowest BCUT2D eigenvalue weighted by molar-refractivity contribution is 0.202. The molecule has 0 radical (unpaired) electrons. The maximum atomic E-state index is 5.97. The Hall–Kier alpha value is -1.36. The van der Waals surface area contributed by atoms with E-state index in [1.165, 1.54) is 16.9 Å². The third-order valence-corrected chi connectivity index (χ3v) is 4.08. The van der Waals surface area contributed by atoms with Gasteiger partial charge in [-0.05, 0) is 37.5 Å². The zero-order valence-electron chi connectivity index (χ0n) is 12.4. The second kappa shape index (κ2) is 7.07. The number of likely N-dealkylation sites (tertiary alicyclic amines) is 1. The molecule has 114 valence electrons. The molecule has 5 heteroatoms. The molecule has 21 heavy (non-hydrogen) atoms. The Morgan fingerprint density at radius 1 is 1.19 bits per heavy atom. The van der Waals surface area contributed by atoms with Crippen LogP contribution in [0.3, 0.4) is 0 Å². The molecule has 2 heterocycles. The smallest absolute Gasteiger partial charge is 0.0678 e. The summed E-state index contributed by atoms with van der Waals surface area (Å²) in [5, 5.41) is 4.49. The predicted octanol–water partition coefficient (Wildman–Crippen LogP) is 2.53. The monoisotopic (exact) mass is 306 g/mol. The highest BCUT2D eigenvalue weighted by atomic mass is 35.5. The van der Waals surface area contributed by atoms with E-state index < -0.39 is 0 Å². The summed E-state index contributed by atoms with van der Waals surface area (Å²) in [7, 11) is 0. The summed E-state index contributed by atoms with van der Waals surface area (Å²) in [5.41, 5.74) is 9.63. The first-order valence-electron chi connectivity index (χ1n) is 7.31. The van der Waals surface area contributed by atoms with Crippen molar-refractivity contribution in [2.24, 2.45) is 5.73 Å². The molecular weight excluding hydrogens is 284 g/mol. The topological polar surface area (TPSA) is 47.1 Å². The Balaban J connectivity index is 0.00000161. The molecule has 1 aliphatic rings. The van der Waals surface area contributed by atoms with Gasteiger partial charge in [-0.25, -0.2) is 4.68 Å². The van der Waals surface area contributed by atoms with E-state index in [-0.39, 0.29) is 12.4 Å². The number of rotatable bonds is 3. The molecule has 1 aromatic carbocycles. The van der Waals surface area contributed by atoms with Gasteiger partial charge in [-0.15, -0.1) is 12.4 Å². The van der Waals surface area contributed by atoms with Gasteiger partial charge in [0.15, 0.2) is 0 Å². The molecule has 1 saturated heterocycles. The van der Waals surface area contributed by atoms with Crippen molar-refractivity contribution in [3.8, 4) is 5.69 Å². The van der Waals surface area contributed by atoms with E-state index in [4.69, 9.17) is 5.73 Å². The quantitative estimate of drug-likeness (QED) is 0.948. The third kappa shape index (κ3) is 3.64. The van der Waals surface area contributed by atoms with Crippen LogP contribution in [0.4, 0.5) is 0 Å². The number of nitrogens with two attached hydrogens (primary N) is 1. The summed E-state index contributed by atoms with van der Waals surface area (Å²) in [6, 6.07) is 10.9. The van der Waals surface area contributed by atoms with Crippen LogP contribution in [-0.2, 0) is 6.54 Å². The van der Waals surface area contributed by atoms with Gasteiger partial charge in [0.25, 0.3) is 0 Å². The van der Waals surface area contributed by atoms with Crippen LogP contribution in [0.1, 0.15) is 24.1 Å². The van der Waals surface area contributed by atoms with Gasteiger partial charge in [0, 0.05) is 31.9 Å². The van der Waals surface area contributed by atoms with E-state index in [1.807, 2.05) is 6.20 Å². The fourth-order valence-electron chi connectivity index (χ4n) is 2.81. The first-order valence-corrected chi connectivity index (χ1v) is 7.31. The largest absolute Gasteiger partial charge is 0.328 e. The van der Waals surface area contributed by atoms with Gasteiger partial charge >= 0.3 is 0 Å². The van der Waals surface area contributed by atoms with E-state index in [9.17, 15) is 0 Å². The fraction of sp³-hybridized carbons (Fsp3) is 0.438. The number of halogens is 1. The summed E-state index contributed by atoms with van der Waals surface area (Å²) >= 11 is 0. The zero-order chi connectivity index (χ0) is 13.9. The Morgan fingerprint density at radius 2 is 1.90 bits per heavy atom. The van der Waals surface area contributed by atoms with Crippen molar-refractivity contribution in [3.05, 3.63) is 47.8 Å². The summed E-state index contributed by atoms with van der Waals surface area (Å²) in [6.45, 7) is 5.24. The molecule has 0 saturated carbocycles. The zero-order valence-corrected chi connectivity index (χ0v) is 13.2. The number of benzene rings is 1. The highest BCUT2D eigenvalue weighted by Crippen LogP contribution is 2.18. The summed E-state index contributed by atoms with van der Waals surface area (Å²) in [4.78, 5) is 2.47. The van der Waals surface area contributed by atoms with Crippen LogP contribution in [0.25, 0.3) is 5.69 Å². The lowest BCUT2D eigenvalue weighted by Gasteiger charge is -2.30. The average Bonchev–Trinajstić information content (AvgIpc) is 2.90. The van der Waals surface area contributed by atoms with Crippen molar-refractivity contribution in [1.29, 1.82) is 0 Å². The minimum atomic E-state index is 0. The van der Waals surface area contributed by atoms with Crippen molar-refractivity contribution < 1.29 is 0 Å². The Kier molecular flexibility index (Phi) is 5.39. The highest BCUT2D eigenvalue weighted by molar-refractivity contribution is 5.85. The molecule has 1 aliphatic heterocycles. The van der Waals surface area contributed by atoms with Crippen LogP contribution < -0.4 is 5.73 Å². The molecule has 1 aromatic heterocycles. The SMILES string of the molecule is Cc1ccccc1-n1nccc1CN1CCC(N)CC1.Cl. The van der Waals surface area contributed by atoms with Gasteiger partial charge < -0.3 is 5.73 Å². The number of aryl methyl sites for hydroxylation is 1.